The molecule has 14 heteroatoms. The molecule has 0 radical (unpaired) electrons. The van der Waals surface area contributed by atoms with Gasteiger partial charge in [-0.05, 0) is 43.2 Å². The maximum absolute atomic E-state index is 14.8. The number of anilines is 3. The Kier molecular flexibility index (Phi) is 8.30. The van der Waals surface area contributed by atoms with Gasteiger partial charge in [0.2, 0.25) is 11.8 Å². The number of hydrogen-bond acceptors (Lipinski definition) is 6. The van der Waals surface area contributed by atoms with Crippen LogP contribution in [-0.2, 0) is 9.59 Å². The van der Waals surface area contributed by atoms with Gasteiger partial charge in [0, 0.05) is 30.1 Å². The number of hydrogen-bond donors (Lipinski definition) is 4. The molecule has 4 amide bonds. The lowest BCUT2D eigenvalue weighted by molar-refractivity contribution is -0.131. The second kappa shape index (κ2) is 11.5. The largest absolute Gasteiger partial charge is 0.454 e. The molecule has 210 valence electrons. The predicted octanol–water partition coefficient (Wildman–Crippen LogP) is 4.43. The van der Waals surface area contributed by atoms with Gasteiger partial charge in [0.05, 0.1) is 24.9 Å². The molecule has 0 bridgehead atoms. The van der Waals surface area contributed by atoms with Crippen molar-refractivity contribution in [1.29, 1.82) is 0 Å². The van der Waals surface area contributed by atoms with Gasteiger partial charge >= 0.3 is 6.03 Å². The summed E-state index contributed by atoms with van der Waals surface area (Å²) < 4.78 is 48.1. The number of pyridine rings is 1. The van der Waals surface area contributed by atoms with E-state index in [1.165, 1.54) is 35.4 Å². The highest BCUT2D eigenvalue weighted by Crippen LogP contribution is 2.47. The molecule has 1 aliphatic carbocycles. The van der Waals surface area contributed by atoms with E-state index >= 15 is 0 Å². The van der Waals surface area contributed by atoms with Crippen molar-refractivity contribution >= 4 is 52.0 Å². The molecule has 1 aliphatic heterocycles. The number of aromatic nitrogens is 1. The number of halogens is 4. The molecule has 2 aliphatic rings. The van der Waals surface area contributed by atoms with Crippen LogP contribution in [0.2, 0.25) is 0 Å². The third-order valence-corrected chi connectivity index (χ3v) is 6.33. The number of β-amino-alcohol motifs (C(OH)–C–C–N with tert-alkyl or cyclic N) is 1. The molecule has 1 saturated carbocycles. The van der Waals surface area contributed by atoms with Crippen LogP contribution in [0.3, 0.4) is 0 Å². The second-order valence-corrected chi connectivity index (χ2v) is 9.23. The number of carbonyl (C=O) groups is 3. The first kappa shape index (κ1) is 28.8. The lowest BCUT2D eigenvalue weighted by atomic mass is 10.0. The Balaban J connectivity index is 0.00000370. The number of rotatable bonds is 7. The van der Waals surface area contributed by atoms with Crippen LogP contribution in [0.25, 0.3) is 0 Å². The van der Waals surface area contributed by atoms with Crippen molar-refractivity contribution < 1.29 is 37.4 Å². The number of carbonyl (C=O) groups excluding carboxylic acids is 3. The summed E-state index contributed by atoms with van der Waals surface area (Å²) >= 11 is 0. The van der Waals surface area contributed by atoms with E-state index < -0.39 is 58.3 Å². The zero-order valence-electron chi connectivity index (χ0n) is 20.6. The van der Waals surface area contributed by atoms with E-state index in [0.29, 0.717) is 0 Å². The molecule has 1 saturated heterocycles. The highest BCUT2D eigenvalue weighted by Gasteiger charge is 2.56. The fourth-order valence-corrected chi connectivity index (χ4v) is 3.89. The number of amides is 4. The van der Waals surface area contributed by atoms with E-state index in [1.54, 1.807) is 0 Å². The van der Waals surface area contributed by atoms with E-state index in [4.69, 9.17) is 4.74 Å². The molecule has 2 aromatic carbocycles. The van der Waals surface area contributed by atoms with Crippen molar-refractivity contribution in [3.8, 4) is 11.5 Å². The Morgan fingerprint density at radius 3 is 2.25 bits per heavy atom. The lowest BCUT2D eigenvalue weighted by Gasteiger charge is -2.35. The van der Waals surface area contributed by atoms with Crippen molar-refractivity contribution in [1.82, 2.24) is 9.88 Å². The van der Waals surface area contributed by atoms with E-state index in [1.807, 2.05) is 0 Å². The molecule has 40 heavy (non-hydrogen) atoms. The minimum Gasteiger partial charge on any atom is -0.454 e. The Bertz CT molecular complexity index is 1450. The molecule has 2 fully saturated rings. The quantitative estimate of drug-likeness (QED) is 0.288. The molecule has 10 nitrogen and oxygen atoms in total. The van der Waals surface area contributed by atoms with Crippen LogP contribution in [0.15, 0.2) is 54.7 Å². The van der Waals surface area contributed by atoms with Gasteiger partial charge in [0.25, 0.3) is 0 Å². The lowest BCUT2D eigenvalue weighted by Crippen LogP contribution is -2.54. The van der Waals surface area contributed by atoms with Gasteiger partial charge in [-0.2, -0.15) is 0 Å². The normalized spacial score (nSPS) is 15.2. The van der Waals surface area contributed by atoms with Crippen LogP contribution in [0.5, 0.6) is 11.5 Å². The van der Waals surface area contributed by atoms with Crippen LogP contribution in [0.1, 0.15) is 12.8 Å². The Morgan fingerprint density at radius 2 is 1.60 bits per heavy atom. The number of ether oxygens (including phenoxy) is 1. The first-order valence-corrected chi connectivity index (χ1v) is 11.9. The molecule has 0 atom stereocenters. The highest BCUT2D eigenvalue weighted by atomic mass is 79.9. The summed E-state index contributed by atoms with van der Waals surface area (Å²) in [6.45, 7) is 0.380. The fourth-order valence-electron chi connectivity index (χ4n) is 3.89. The van der Waals surface area contributed by atoms with Gasteiger partial charge in [-0.25, -0.2) is 22.9 Å². The summed E-state index contributed by atoms with van der Waals surface area (Å²) in [6.07, 6.45) is 1.13. The summed E-state index contributed by atoms with van der Waals surface area (Å²) in [7, 11) is 0. The minimum absolute atomic E-state index is 0. The first-order valence-electron chi connectivity index (χ1n) is 11.9. The van der Waals surface area contributed by atoms with Crippen LogP contribution >= 0.6 is 17.0 Å². The van der Waals surface area contributed by atoms with Crippen LogP contribution in [0.4, 0.5) is 35.2 Å². The zero-order chi connectivity index (χ0) is 27.7. The van der Waals surface area contributed by atoms with Crippen LogP contribution in [0, 0.1) is 22.9 Å². The maximum atomic E-state index is 14.8. The number of likely N-dealkylation sites (tertiary alicyclic amines) is 1. The maximum Gasteiger partial charge on any atom is 0.323 e. The van der Waals surface area contributed by atoms with Crippen LogP contribution in [-0.4, -0.2) is 52.0 Å². The number of nitrogens with one attached hydrogen (secondary N) is 3. The van der Waals surface area contributed by atoms with Crippen molar-refractivity contribution in [3.05, 3.63) is 72.2 Å². The van der Waals surface area contributed by atoms with Gasteiger partial charge in [0.15, 0.2) is 17.4 Å². The summed E-state index contributed by atoms with van der Waals surface area (Å²) in [6, 6.07) is 8.64. The summed E-state index contributed by atoms with van der Waals surface area (Å²) in [4.78, 5) is 43.0. The summed E-state index contributed by atoms with van der Waals surface area (Å²) in [5.74, 6) is -4.29. The van der Waals surface area contributed by atoms with E-state index in [9.17, 15) is 32.7 Å². The van der Waals surface area contributed by atoms with E-state index in [-0.39, 0.29) is 60.2 Å². The Morgan fingerprint density at radius 1 is 0.925 bits per heavy atom. The van der Waals surface area contributed by atoms with E-state index in [2.05, 4.69) is 20.9 Å². The number of aliphatic hydroxyl groups excluding tert-OH is 1. The van der Waals surface area contributed by atoms with Gasteiger partial charge in [-0.3, -0.25) is 14.9 Å². The molecule has 0 unspecified atom stereocenters. The Labute approximate surface area is 236 Å². The van der Waals surface area contributed by atoms with Crippen molar-refractivity contribution in [3.63, 3.8) is 0 Å². The topological polar surface area (TPSA) is 133 Å². The van der Waals surface area contributed by atoms with Gasteiger partial charge < -0.3 is 25.4 Å². The SMILES string of the molecule is Br.O=C(Nc1cc(Oc2cc(F)c(NC(=O)C3(C(=O)Nc4ccc(F)cc4)CC3)cc2F)ccn1)N1CC(O)C1. The molecule has 3 aromatic rings. The molecular formula is C26H23BrF3N5O5. The number of urea groups is 1. The Hall–Kier alpha value is -4.17. The van der Waals surface area contributed by atoms with E-state index in [0.717, 1.165) is 24.3 Å². The molecular weight excluding hydrogens is 599 g/mol. The number of aliphatic hydroxyl groups is 1. The third kappa shape index (κ3) is 6.18. The first-order chi connectivity index (χ1) is 18.6. The average molecular weight is 622 g/mol. The van der Waals surface area contributed by atoms with Crippen LogP contribution < -0.4 is 20.7 Å². The molecule has 4 N–H and O–H groups in total. The summed E-state index contributed by atoms with van der Waals surface area (Å²) in [5.41, 5.74) is -1.65. The summed E-state index contributed by atoms with van der Waals surface area (Å²) in [5, 5.41) is 16.6. The monoisotopic (exact) mass is 621 g/mol. The molecule has 1 aromatic heterocycles. The highest BCUT2D eigenvalue weighted by molar-refractivity contribution is 8.93. The number of benzene rings is 2. The van der Waals surface area contributed by atoms with Crippen molar-refractivity contribution in [2.24, 2.45) is 5.41 Å². The fraction of sp³-hybridized carbons (Fsp3) is 0.231. The second-order valence-electron chi connectivity index (χ2n) is 9.23. The van der Waals surface area contributed by atoms with Crippen molar-refractivity contribution in [2.45, 2.75) is 18.9 Å². The molecule has 2 heterocycles. The third-order valence-electron chi connectivity index (χ3n) is 6.33. The molecule has 0 spiro atoms. The average Bonchev–Trinajstić information content (AvgIpc) is 3.69. The standard InChI is InChI=1S/C26H22F3N5O5.BrH/c27-14-1-3-15(4-2-14)31-23(36)26(6-7-26)24(37)32-20-10-19(29)21(11-18(20)28)39-17-5-8-30-22(9-17)33-25(38)34-12-16(35)13-34;/h1-5,8-11,16,35H,6-7,12-13H2,(H,31,36)(H,32,37)(H,30,33,38);1H. The van der Waals surface area contributed by atoms with Gasteiger partial charge in [-0.15, -0.1) is 17.0 Å². The smallest absolute Gasteiger partial charge is 0.323 e. The predicted molar refractivity (Wildman–Crippen MR) is 143 cm³/mol. The zero-order valence-corrected chi connectivity index (χ0v) is 22.3. The minimum atomic E-state index is -1.46. The van der Waals surface area contributed by atoms with Crippen molar-refractivity contribution in [2.75, 3.05) is 29.0 Å². The van der Waals surface area contributed by atoms with Gasteiger partial charge in [-0.1, -0.05) is 0 Å². The molecule has 5 rings (SSSR count). The number of nitrogens with zero attached hydrogens (tertiary/aromatic N) is 2. The van der Waals surface area contributed by atoms with Gasteiger partial charge in [0.1, 0.15) is 22.8 Å².